The molecule has 66 valence electrons. The van der Waals surface area contributed by atoms with Crippen molar-refractivity contribution in [3.8, 4) is 0 Å². The first-order valence-corrected chi connectivity index (χ1v) is 4.55. The molecule has 1 atom stereocenters. The summed E-state index contributed by atoms with van der Waals surface area (Å²) in [5, 5.41) is 3.11. The van der Waals surface area contributed by atoms with Crippen LogP contribution < -0.4 is 11.1 Å². The van der Waals surface area contributed by atoms with Gasteiger partial charge in [0, 0.05) is 29.5 Å². The van der Waals surface area contributed by atoms with Gasteiger partial charge in [0.1, 0.15) is 0 Å². The quantitative estimate of drug-likeness (QED) is 0.816. The molecule has 0 aromatic carbocycles. The Labute approximate surface area is 80.5 Å². The fraction of sp³-hybridized carbons (Fsp3) is 0.375. The minimum atomic E-state index is 0.190. The van der Waals surface area contributed by atoms with Crippen LogP contribution in [-0.2, 0) is 0 Å². The van der Waals surface area contributed by atoms with Crippen LogP contribution in [0.3, 0.4) is 0 Å². The third kappa shape index (κ3) is 2.27. The maximum atomic E-state index is 5.56. The van der Waals surface area contributed by atoms with Gasteiger partial charge in [-0.15, -0.1) is 0 Å². The summed E-state index contributed by atoms with van der Waals surface area (Å²) in [6, 6.07) is 2.20. The largest absolute Gasteiger partial charge is 0.329 e. The highest BCUT2D eigenvalue weighted by molar-refractivity contribution is 9.10. The monoisotopic (exact) mass is 229 g/mol. The van der Waals surface area contributed by atoms with E-state index in [4.69, 9.17) is 5.73 Å². The van der Waals surface area contributed by atoms with Crippen LogP contribution >= 0.6 is 15.9 Å². The van der Waals surface area contributed by atoms with Crippen molar-refractivity contribution in [1.82, 2.24) is 10.3 Å². The van der Waals surface area contributed by atoms with Crippen molar-refractivity contribution >= 4 is 15.9 Å². The number of nitrogens with two attached hydrogens (primary N) is 1. The summed E-state index contributed by atoms with van der Waals surface area (Å²) in [5.41, 5.74) is 6.67. The molecule has 0 bridgehead atoms. The summed E-state index contributed by atoms with van der Waals surface area (Å²) in [5.74, 6) is 0. The number of hydrogen-bond donors (Lipinski definition) is 2. The van der Waals surface area contributed by atoms with E-state index in [0.29, 0.717) is 6.54 Å². The van der Waals surface area contributed by atoms with Crippen LogP contribution in [0, 0.1) is 0 Å². The third-order valence-electron chi connectivity index (χ3n) is 1.71. The van der Waals surface area contributed by atoms with Gasteiger partial charge in [0.15, 0.2) is 0 Å². The summed E-state index contributed by atoms with van der Waals surface area (Å²) >= 11 is 3.36. The molecule has 3 N–H and O–H groups in total. The number of hydrogen-bond acceptors (Lipinski definition) is 3. The lowest BCUT2D eigenvalue weighted by atomic mass is 10.1. The second-order valence-electron chi connectivity index (χ2n) is 2.51. The standard InChI is InChI=1S/C8H12BrN3/c1-11-8(3-10)6-2-7(9)5-12-4-6/h2,4-5,8,11H,3,10H2,1H3. The number of aromatic nitrogens is 1. The summed E-state index contributed by atoms with van der Waals surface area (Å²) < 4.78 is 0.980. The van der Waals surface area contributed by atoms with E-state index in [9.17, 15) is 0 Å². The topological polar surface area (TPSA) is 50.9 Å². The van der Waals surface area contributed by atoms with E-state index in [0.717, 1.165) is 10.0 Å². The van der Waals surface area contributed by atoms with Crippen LogP contribution in [0.2, 0.25) is 0 Å². The fourth-order valence-electron chi connectivity index (χ4n) is 1.04. The zero-order valence-electron chi connectivity index (χ0n) is 6.92. The molecule has 0 aliphatic rings. The molecule has 0 aliphatic carbocycles. The number of halogens is 1. The Hall–Kier alpha value is -0.450. The van der Waals surface area contributed by atoms with Gasteiger partial charge in [0.2, 0.25) is 0 Å². The molecule has 0 fully saturated rings. The zero-order valence-corrected chi connectivity index (χ0v) is 8.51. The van der Waals surface area contributed by atoms with Gasteiger partial charge < -0.3 is 11.1 Å². The SMILES string of the molecule is CNC(CN)c1cncc(Br)c1. The minimum absolute atomic E-state index is 0.190. The van der Waals surface area contributed by atoms with Crippen LogP contribution in [0.25, 0.3) is 0 Å². The Morgan fingerprint density at radius 3 is 2.92 bits per heavy atom. The van der Waals surface area contributed by atoms with Gasteiger partial charge in [-0.05, 0) is 34.6 Å². The first-order valence-electron chi connectivity index (χ1n) is 3.75. The predicted octanol–water partition coefficient (Wildman–Crippen LogP) is 1.06. The van der Waals surface area contributed by atoms with E-state index in [2.05, 4.69) is 26.2 Å². The molecule has 1 rings (SSSR count). The molecule has 12 heavy (non-hydrogen) atoms. The zero-order chi connectivity index (χ0) is 8.97. The molecule has 0 saturated heterocycles. The van der Waals surface area contributed by atoms with Crippen molar-refractivity contribution < 1.29 is 0 Å². The van der Waals surface area contributed by atoms with E-state index in [-0.39, 0.29) is 6.04 Å². The maximum Gasteiger partial charge on any atom is 0.0457 e. The van der Waals surface area contributed by atoms with Crippen LogP contribution in [0.4, 0.5) is 0 Å². The molecule has 0 saturated carbocycles. The Bertz CT molecular complexity index is 248. The Morgan fingerprint density at radius 2 is 2.42 bits per heavy atom. The molecule has 0 spiro atoms. The molecule has 1 heterocycles. The Kier molecular flexibility index (Phi) is 3.65. The number of likely N-dealkylation sites (N-methyl/N-ethyl adjacent to an activating group) is 1. The number of rotatable bonds is 3. The minimum Gasteiger partial charge on any atom is -0.329 e. The maximum absolute atomic E-state index is 5.56. The van der Waals surface area contributed by atoms with Gasteiger partial charge in [-0.2, -0.15) is 0 Å². The smallest absolute Gasteiger partial charge is 0.0457 e. The fourth-order valence-corrected chi connectivity index (χ4v) is 1.42. The second-order valence-corrected chi connectivity index (χ2v) is 3.43. The van der Waals surface area contributed by atoms with Gasteiger partial charge in [-0.1, -0.05) is 0 Å². The molecule has 1 aromatic heterocycles. The Morgan fingerprint density at radius 1 is 1.67 bits per heavy atom. The van der Waals surface area contributed by atoms with E-state index in [1.807, 2.05) is 19.3 Å². The van der Waals surface area contributed by atoms with E-state index in [1.54, 1.807) is 6.20 Å². The molecule has 0 aliphatic heterocycles. The first-order chi connectivity index (χ1) is 5.77. The number of nitrogens with zero attached hydrogens (tertiary/aromatic N) is 1. The highest BCUT2D eigenvalue weighted by atomic mass is 79.9. The van der Waals surface area contributed by atoms with Crippen LogP contribution in [-0.4, -0.2) is 18.6 Å². The highest BCUT2D eigenvalue weighted by Gasteiger charge is 2.06. The van der Waals surface area contributed by atoms with Gasteiger partial charge in [-0.25, -0.2) is 0 Å². The molecule has 0 radical (unpaired) electrons. The summed E-state index contributed by atoms with van der Waals surface area (Å²) in [6.45, 7) is 0.578. The number of nitrogens with one attached hydrogen (secondary N) is 1. The Balaban J connectivity index is 2.85. The lowest BCUT2D eigenvalue weighted by Crippen LogP contribution is -2.24. The summed E-state index contributed by atoms with van der Waals surface area (Å²) in [6.07, 6.45) is 3.57. The van der Waals surface area contributed by atoms with Crippen molar-refractivity contribution in [2.24, 2.45) is 5.73 Å². The van der Waals surface area contributed by atoms with Gasteiger partial charge in [0.25, 0.3) is 0 Å². The molecule has 1 unspecified atom stereocenters. The molecular formula is C8H12BrN3. The molecule has 1 aromatic rings. The highest BCUT2D eigenvalue weighted by Crippen LogP contribution is 2.15. The average molecular weight is 230 g/mol. The van der Waals surface area contributed by atoms with E-state index >= 15 is 0 Å². The van der Waals surface area contributed by atoms with Crippen LogP contribution in [0.5, 0.6) is 0 Å². The summed E-state index contributed by atoms with van der Waals surface area (Å²) in [4.78, 5) is 4.06. The van der Waals surface area contributed by atoms with E-state index in [1.165, 1.54) is 0 Å². The summed E-state index contributed by atoms with van der Waals surface area (Å²) in [7, 11) is 1.89. The van der Waals surface area contributed by atoms with E-state index < -0.39 is 0 Å². The third-order valence-corrected chi connectivity index (χ3v) is 2.15. The van der Waals surface area contributed by atoms with Gasteiger partial charge in [0.05, 0.1) is 0 Å². The van der Waals surface area contributed by atoms with Crippen molar-refractivity contribution in [2.45, 2.75) is 6.04 Å². The normalized spacial score (nSPS) is 12.9. The number of pyridine rings is 1. The van der Waals surface area contributed by atoms with Gasteiger partial charge >= 0.3 is 0 Å². The van der Waals surface area contributed by atoms with Crippen molar-refractivity contribution in [3.63, 3.8) is 0 Å². The van der Waals surface area contributed by atoms with Gasteiger partial charge in [-0.3, -0.25) is 4.98 Å². The first kappa shape index (κ1) is 9.64. The average Bonchev–Trinajstić information content (AvgIpc) is 2.07. The lowest BCUT2D eigenvalue weighted by Gasteiger charge is -2.13. The van der Waals surface area contributed by atoms with Crippen molar-refractivity contribution in [3.05, 3.63) is 28.5 Å². The van der Waals surface area contributed by atoms with Crippen molar-refractivity contribution in [2.75, 3.05) is 13.6 Å². The van der Waals surface area contributed by atoms with Crippen molar-refractivity contribution in [1.29, 1.82) is 0 Å². The second kappa shape index (κ2) is 4.54. The molecule has 4 heteroatoms. The van der Waals surface area contributed by atoms with Crippen LogP contribution in [0.15, 0.2) is 22.9 Å². The molecular weight excluding hydrogens is 218 g/mol. The molecule has 3 nitrogen and oxygen atoms in total. The van der Waals surface area contributed by atoms with Crippen LogP contribution in [0.1, 0.15) is 11.6 Å². The lowest BCUT2D eigenvalue weighted by molar-refractivity contribution is 0.603. The molecule has 0 amide bonds. The predicted molar refractivity (Wildman–Crippen MR) is 52.8 cm³/mol.